The predicted molar refractivity (Wildman–Crippen MR) is 122 cm³/mol. The summed E-state index contributed by atoms with van der Waals surface area (Å²) in [6.07, 6.45) is 4.51. The number of piperidine rings is 1. The summed E-state index contributed by atoms with van der Waals surface area (Å²) in [5, 5.41) is 9.71. The maximum atomic E-state index is 14.3. The molecular weight excluding hydrogens is 465 g/mol. The van der Waals surface area contributed by atoms with Crippen molar-refractivity contribution in [3.63, 3.8) is 0 Å². The molecule has 1 saturated heterocycles. The van der Waals surface area contributed by atoms with Crippen molar-refractivity contribution < 1.29 is 13.9 Å². The van der Waals surface area contributed by atoms with Crippen LogP contribution in [0, 0.1) is 5.82 Å². The Morgan fingerprint density at radius 1 is 1.29 bits per heavy atom. The monoisotopic (exact) mass is 485 g/mol. The maximum absolute atomic E-state index is 14.3. The number of ether oxygens (including phenoxy) is 1. The van der Waals surface area contributed by atoms with Crippen molar-refractivity contribution in [3.05, 3.63) is 59.6 Å². The zero-order chi connectivity index (χ0) is 21.8. The van der Waals surface area contributed by atoms with E-state index in [4.69, 9.17) is 4.74 Å². The topological polar surface area (TPSA) is 88.2 Å². The van der Waals surface area contributed by atoms with Crippen molar-refractivity contribution in [1.82, 2.24) is 15.3 Å². The second-order valence-electron chi connectivity index (χ2n) is 7.12. The van der Waals surface area contributed by atoms with E-state index in [-0.39, 0.29) is 17.7 Å². The molecule has 4 rings (SSSR count). The number of carbonyl (C=O) groups excluding carboxylic acids is 1. The first kappa shape index (κ1) is 21.2. The maximum Gasteiger partial charge on any atom is 0.247 e. The lowest BCUT2D eigenvalue weighted by molar-refractivity contribution is -0.111. The van der Waals surface area contributed by atoms with Gasteiger partial charge in [0.1, 0.15) is 29.8 Å². The summed E-state index contributed by atoms with van der Waals surface area (Å²) in [6, 6.07) is 8.19. The minimum atomic E-state index is -0.425. The van der Waals surface area contributed by atoms with Gasteiger partial charge in [-0.15, -0.1) is 0 Å². The Bertz CT molecular complexity index is 1130. The van der Waals surface area contributed by atoms with Crippen molar-refractivity contribution in [2.45, 2.75) is 18.9 Å². The molecule has 2 heterocycles. The van der Waals surface area contributed by atoms with Crippen molar-refractivity contribution in [3.8, 4) is 5.75 Å². The zero-order valence-corrected chi connectivity index (χ0v) is 18.2. The van der Waals surface area contributed by atoms with Crippen molar-refractivity contribution in [2.24, 2.45) is 0 Å². The molecule has 1 fully saturated rings. The van der Waals surface area contributed by atoms with Crippen LogP contribution >= 0.6 is 15.9 Å². The van der Waals surface area contributed by atoms with Crippen LogP contribution in [0.2, 0.25) is 0 Å². The van der Waals surface area contributed by atoms with Crippen LogP contribution in [-0.4, -0.2) is 35.1 Å². The van der Waals surface area contributed by atoms with Crippen LogP contribution in [0.4, 0.5) is 21.6 Å². The summed E-state index contributed by atoms with van der Waals surface area (Å²) >= 11 is 3.25. The molecule has 7 nitrogen and oxygen atoms in total. The van der Waals surface area contributed by atoms with E-state index < -0.39 is 5.82 Å². The first-order valence-corrected chi connectivity index (χ1v) is 10.6. The molecule has 1 amide bonds. The highest BCUT2D eigenvalue weighted by molar-refractivity contribution is 9.10. The Hall–Kier alpha value is -3.04. The molecule has 9 heteroatoms. The molecule has 1 aliphatic heterocycles. The number of rotatable bonds is 6. The Kier molecular flexibility index (Phi) is 6.43. The molecule has 3 aromatic rings. The molecule has 0 spiro atoms. The van der Waals surface area contributed by atoms with Gasteiger partial charge in [0, 0.05) is 22.5 Å². The fraction of sp³-hybridized carbons (Fsp3) is 0.227. The van der Waals surface area contributed by atoms with Crippen LogP contribution in [0.25, 0.3) is 10.9 Å². The minimum Gasteiger partial charge on any atom is -0.487 e. The van der Waals surface area contributed by atoms with E-state index in [0.717, 1.165) is 25.9 Å². The normalized spacial score (nSPS) is 16.0. The summed E-state index contributed by atoms with van der Waals surface area (Å²) in [6.45, 7) is 5.20. The number of hydrogen-bond donors (Lipinski definition) is 3. The number of fused-ring (bicyclic) bond motifs is 1. The summed E-state index contributed by atoms with van der Waals surface area (Å²) in [4.78, 5) is 20.6. The standard InChI is InChI=1S/C22H21BrFN5O2/c1-2-21(30)28-19-9-15-18(10-20(19)31-14-4-3-7-25-11-14)26-12-27-22(15)29-17-6-5-13(23)8-16(17)24/h2,5-6,8-10,12,14,25H,1,3-4,7,11H2,(H,28,30)(H,26,27,29). The van der Waals surface area contributed by atoms with E-state index in [0.29, 0.717) is 32.6 Å². The highest BCUT2D eigenvalue weighted by Crippen LogP contribution is 2.35. The minimum absolute atomic E-state index is 0.0122. The van der Waals surface area contributed by atoms with Crippen LogP contribution in [0.15, 0.2) is 53.8 Å². The third kappa shape index (κ3) is 5.00. The van der Waals surface area contributed by atoms with E-state index in [1.807, 2.05) is 0 Å². The van der Waals surface area contributed by atoms with Crippen LogP contribution in [-0.2, 0) is 4.79 Å². The van der Waals surface area contributed by atoms with Gasteiger partial charge in [-0.3, -0.25) is 4.79 Å². The Morgan fingerprint density at radius 2 is 2.16 bits per heavy atom. The van der Waals surface area contributed by atoms with E-state index >= 15 is 0 Å². The zero-order valence-electron chi connectivity index (χ0n) is 16.6. The van der Waals surface area contributed by atoms with Gasteiger partial charge in [0.2, 0.25) is 5.91 Å². The number of anilines is 3. The molecule has 160 valence electrons. The average molecular weight is 486 g/mol. The molecule has 0 saturated carbocycles. The number of hydrogen-bond acceptors (Lipinski definition) is 6. The number of amides is 1. The summed E-state index contributed by atoms with van der Waals surface area (Å²) < 4.78 is 21.1. The van der Waals surface area contributed by atoms with Crippen LogP contribution in [0.5, 0.6) is 5.75 Å². The summed E-state index contributed by atoms with van der Waals surface area (Å²) in [5.41, 5.74) is 1.34. The number of halogens is 2. The molecule has 1 unspecified atom stereocenters. The lowest BCUT2D eigenvalue weighted by atomic mass is 10.1. The Balaban J connectivity index is 1.74. The molecule has 1 aliphatic rings. The third-order valence-corrected chi connectivity index (χ3v) is 5.40. The third-order valence-electron chi connectivity index (χ3n) is 4.91. The number of carbonyl (C=O) groups is 1. The van der Waals surface area contributed by atoms with Gasteiger partial charge in [-0.25, -0.2) is 14.4 Å². The second kappa shape index (κ2) is 9.40. The number of nitrogens with one attached hydrogen (secondary N) is 3. The van der Waals surface area contributed by atoms with E-state index in [9.17, 15) is 9.18 Å². The molecule has 0 aliphatic carbocycles. The lowest BCUT2D eigenvalue weighted by Gasteiger charge is -2.25. The predicted octanol–water partition coefficient (Wildman–Crippen LogP) is 4.53. The van der Waals surface area contributed by atoms with Gasteiger partial charge < -0.3 is 20.7 Å². The fourth-order valence-corrected chi connectivity index (χ4v) is 3.71. The van der Waals surface area contributed by atoms with Gasteiger partial charge >= 0.3 is 0 Å². The lowest BCUT2D eigenvalue weighted by Crippen LogP contribution is -2.37. The Labute approximate surface area is 187 Å². The highest BCUT2D eigenvalue weighted by atomic mass is 79.9. The number of aromatic nitrogens is 2. The SMILES string of the molecule is C=CC(=O)Nc1cc2c(Nc3ccc(Br)cc3F)ncnc2cc1OC1CCCNC1. The van der Waals surface area contributed by atoms with Gasteiger partial charge in [0.05, 0.1) is 16.9 Å². The highest BCUT2D eigenvalue weighted by Gasteiger charge is 2.19. The molecule has 0 radical (unpaired) electrons. The second-order valence-corrected chi connectivity index (χ2v) is 8.03. The quantitative estimate of drug-likeness (QED) is 0.444. The molecule has 2 aromatic carbocycles. The fourth-order valence-electron chi connectivity index (χ4n) is 3.38. The first-order chi connectivity index (χ1) is 15.0. The molecular formula is C22H21BrFN5O2. The first-order valence-electron chi connectivity index (χ1n) is 9.85. The van der Waals surface area contributed by atoms with E-state index in [1.165, 1.54) is 18.5 Å². The Morgan fingerprint density at radius 3 is 2.90 bits per heavy atom. The van der Waals surface area contributed by atoms with Gasteiger partial charge in [-0.1, -0.05) is 22.5 Å². The molecule has 0 bridgehead atoms. The van der Waals surface area contributed by atoms with Gasteiger partial charge in [-0.2, -0.15) is 0 Å². The molecule has 1 aromatic heterocycles. The summed E-state index contributed by atoms with van der Waals surface area (Å²) in [7, 11) is 0. The number of nitrogens with zero attached hydrogens (tertiary/aromatic N) is 2. The van der Waals surface area contributed by atoms with Gasteiger partial charge in [0.25, 0.3) is 0 Å². The van der Waals surface area contributed by atoms with Crippen LogP contribution in [0.3, 0.4) is 0 Å². The van der Waals surface area contributed by atoms with Crippen molar-refractivity contribution in [1.29, 1.82) is 0 Å². The van der Waals surface area contributed by atoms with Gasteiger partial charge in [-0.05, 0) is 49.7 Å². The largest absolute Gasteiger partial charge is 0.487 e. The van der Waals surface area contributed by atoms with Crippen LogP contribution in [0.1, 0.15) is 12.8 Å². The average Bonchev–Trinajstić information content (AvgIpc) is 2.77. The molecule has 31 heavy (non-hydrogen) atoms. The molecule has 1 atom stereocenters. The summed E-state index contributed by atoms with van der Waals surface area (Å²) in [5.74, 6) is 0.129. The van der Waals surface area contributed by atoms with E-state index in [1.54, 1.807) is 24.3 Å². The van der Waals surface area contributed by atoms with Gasteiger partial charge in [0.15, 0.2) is 0 Å². The van der Waals surface area contributed by atoms with Crippen molar-refractivity contribution in [2.75, 3.05) is 23.7 Å². The molecule has 3 N–H and O–H groups in total. The van der Waals surface area contributed by atoms with Crippen molar-refractivity contribution >= 4 is 49.9 Å². The van der Waals surface area contributed by atoms with Crippen LogP contribution < -0.4 is 20.7 Å². The number of benzene rings is 2. The smallest absolute Gasteiger partial charge is 0.247 e. The van der Waals surface area contributed by atoms with E-state index in [2.05, 4.69) is 48.4 Å².